The summed E-state index contributed by atoms with van der Waals surface area (Å²) < 4.78 is 15.8. The monoisotopic (exact) mass is 406 g/mol. The van der Waals surface area contributed by atoms with Crippen LogP contribution in [0.15, 0.2) is 48.5 Å². The molecule has 0 unspecified atom stereocenters. The zero-order chi connectivity index (χ0) is 20.7. The maximum atomic E-state index is 13.9. The van der Waals surface area contributed by atoms with E-state index in [-0.39, 0.29) is 24.1 Å². The highest BCUT2D eigenvalue weighted by molar-refractivity contribution is 6.05. The van der Waals surface area contributed by atoms with Crippen molar-refractivity contribution < 1.29 is 14.0 Å². The molecule has 154 valence electrons. The second-order valence-electron chi connectivity index (χ2n) is 8.02. The molecule has 6 nitrogen and oxygen atoms in total. The molecule has 2 aliphatic rings. The first-order valence-electron chi connectivity index (χ1n) is 10.5. The van der Waals surface area contributed by atoms with Crippen molar-refractivity contribution >= 4 is 34.5 Å². The molecule has 1 saturated carbocycles. The lowest BCUT2D eigenvalue weighted by molar-refractivity contribution is -0.125. The van der Waals surface area contributed by atoms with E-state index in [0.29, 0.717) is 5.95 Å². The predicted octanol–water partition coefficient (Wildman–Crippen LogP) is 4.42. The summed E-state index contributed by atoms with van der Waals surface area (Å²) >= 11 is 0. The topological polar surface area (TPSA) is 67.2 Å². The van der Waals surface area contributed by atoms with Gasteiger partial charge in [0.25, 0.3) is 5.91 Å². The molecule has 3 aromatic rings. The standard InChI is InChI=1S/C23H23FN4O2/c24-16-10-4-5-11-17(16)25-21(29)14-20-22(30)27(15-8-2-1-3-9-15)23-26-18-12-6-7-13-19(18)28(20)23/h4-7,10-13,15,20H,1-3,8-9,14H2,(H,25,29)/t20-/m0/s1. The van der Waals surface area contributed by atoms with Gasteiger partial charge in [0.2, 0.25) is 11.9 Å². The zero-order valence-corrected chi connectivity index (χ0v) is 16.6. The molecule has 1 aromatic heterocycles. The highest BCUT2D eigenvalue weighted by atomic mass is 19.1. The van der Waals surface area contributed by atoms with E-state index in [1.165, 1.54) is 18.6 Å². The smallest absolute Gasteiger partial charge is 0.253 e. The Morgan fingerprint density at radius 3 is 2.60 bits per heavy atom. The number of nitrogens with zero attached hydrogens (tertiary/aromatic N) is 3. The molecule has 1 N–H and O–H groups in total. The van der Waals surface area contributed by atoms with Gasteiger partial charge in [-0.25, -0.2) is 9.37 Å². The van der Waals surface area contributed by atoms with Gasteiger partial charge < -0.3 is 5.32 Å². The summed E-state index contributed by atoms with van der Waals surface area (Å²) in [5.74, 6) is -0.371. The first-order chi connectivity index (χ1) is 14.6. The lowest BCUT2D eigenvalue weighted by atomic mass is 9.94. The Labute approximate surface area is 173 Å². The molecule has 2 heterocycles. The normalized spacial score (nSPS) is 19.3. The molecular weight excluding hydrogens is 383 g/mol. The highest BCUT2D eigenvalue weighted by Gasteiger charge is 2.44. The molecule has 30 heavy (non-hydrogen) atoms. The molecule has 0 saturated heterocycles. The number of amides is 2. The number of anilines is 2. The summed E-state index contributed by atoms with van der Waals surface area (Å²) in [5, 5.41) is 2.60. The number of halogens is 1. The Kier molecular flexibility index (Phi) is 4.73. The van der Waals surface area contributed by atoms with E-state index in [1.54, 1.807) is 17.0 Å². The number of hydrogen-bond donors (Lipinski definition) is 1. The molecule has 0 spiro atoms. The van der Waals surface area contributed by atoms with E-state index in [2.05, 4.69) is 5.32 Å². The van der Waals surface area contributed by atoms with Gasteiger partial charge in [-0.2, -0.15) is 0 Å². The Morgan fingerprint density at radius 2 is 1.80 bits per heavy atom. The number of fused-ring (bicyclic) bond motifs is 3. The van der Waals surface area contributed by atoms with E-state index in [1.807, 2.05) is 28.8 Å². The van der Waals surface area contributed by atoms with Crippen LogP contribution in [0.3, 0.4) is 0 Å². The molecule has 7 heteroatoms. The number of aromatic nitrogens is 2. The van der Waals surface area contributed by atoms with Crippen LogP contribution in [0, 0.1) is 5.82 Å². The second-order valence-corrected chi connectivity index (χ2v) is 8.02. The highest BCUT2D eigenvalue weighted by Crippen LogP contribution is 2.40. The number of carbonyl (C=O) groups is 2. The molecule has 1 aliphatic carbocycles. The summed E-state index contributed by atoms with van der Waals surface area (Å²) in [5.41, 5.74) is 1.76. The Bertz CT molecular complexity index is 1120. The first kappa shape index (κ1) is 18.8. The number of rotatable bonds is 4. The van der Waals surface area contributed by atoms with Gasteiger partial charge in [-0.3, -0.25) is 19.1 Å². The van der Waals surface area contributed by atoms with Gasteiger partial charge in [0, 0.05) is 6.04 Å². The third-order valence-electron chi connectivity index (χ3n) is 6.09. The largest absolute Gasteiger partial charge is 0.324 e. The molecule has 0 radical (unpaired) electrons. The van der Waals surface area contributed by atoms with Crippen LogP contribution in [0.5, 0.6) is 0 Å². The average Bonchev–Trinajstić information content (AvgIpc) is 3.25. The molecule has 2 amide bonds. The fraction of sp³-hybridized carbons (Fsp3) is 0.348. The van der Waals surface area contributed by atoms with Crippen LogP contribution in [-0.4, -0.2) is 27.4 Å². The van der Waals surface area contributed by atoms with E-state index in [9.17, 15) is 14.0 Å². The lowest BCUT2D eigenvalue weighted by Gasteiger charge is -2.30. The molecule has 2 aromatic carbocycles. The SMILES string of the molecule is O=C(C[C@H]1C(=O)N(C2CCCCC2)c2nc3ccccc3n21)Nc1ccccc1F. The predicted molar refractivity (Wildman–Crippen MR) is 113 cm³/mol. The fourth-order valence-electron chi connectivity index (χ4n) is 4.68. The van der Waals surface area contributed by atoms with Crippen molar-refractivity contribution in [3.63, 3.8) is 0 Å². The van der Waals surface area contributed by atoms with Gasteiger partial charge in [-0.1, -0.05) is 43.5 Å². The van der Waals surface area contributed by atoms with Crippen LogP contribution >= 0.6 is 0 Å². The third-order valence-corrected chi connectivity index (χ3v) is 6.09. The third kappa shape index (κ3) is 3.14. The minimum absolute atomic E-state index is 0.0657. The van der Waals surface area contributed by atoms with Crippen LogP contribution in [-0.2, 0) is 9.59 Å². The first-order valence-corrected chi connectivity index (χ1v) is 10.5. The minimum Gasteiger partial charge on any atom is -0.324 e. The maximum Gasteiger partial charge on any atom is 0.253 e. The number of carbonyl (C=O) groups excluding carboxylic acids is 2. The van der Waals surface area contributed by atoms with E-state index >= 15 is 0 Å². The summed E-state index contributed by atoms with van der Waals surface area (Å²) in [4.78, 5) is 32.7. The Hall–Kier alpha value is -3.22. The van der Waals surface area contributed by atoms with Gasteiger partial charge in [0.05, 0.1) is 23.1 Å². The van der Waals surface area contributed by atoms with Gasteiger partial charge in [-0.15, -0.1) is 0 Å². The van der Waals surface area contributed by atoms with Crippen LogP contribution in [0.4, 0.5) is 16.0 Å². The van der Waals surface area contributed by atoms with Gasteiger partial charge in [-0.05, 0) is 37.1 Å². The number of nitrogens with one attached hydrogen (secondary N) is 1. The number of benzene rings is 2. The zero-order valence-electron chi connectivity index (χ0n) is 16.6. The Morgan fingerprint density at radius 1 is 1.07 bits per heavy atom. The van der Waals surface area contributed by atoms with Gasteiger partial charge in [0.15, 0.2) is 0 Å². The van der Waals surface area contributed by atoms with Crippen LogP contribution in [0.25, 0.3) is 11.0 Å². The van der Waals surface area contributed by atoms with Gasteiger partial charge in [0.1, 0.15) is 11.9 Å². The van der Waals surface area contributed by atoms with Crippen molar-refractivity contribution in [1.82, 2.24) is 9.55 Å². The number of imidazole rings is 1. The van der Waals surface area contributed by atoms with E-state index in [4.69, 9.17) is 4.98 Å². The molecule has 5 rings (SSSR count). The van der Waals surface area contributed by atoms with Crippen molar-refractivity contribution in [2.45, 2.75) is 50.6 Å². The van der Waals surface area contributed by atoms with Crippen LogP contribution < -0.4 is 10.2 Å². The van der Waals surface area contributed by atoms with Gasteiger partial charge >= 0.3 is 0 Å². The van der Waals surface area contributed by atoms with Crippen LogP contribution in [0.1, 0.15) is 44.6 Å². The van der Waals surface area contributed by atoms with E-state index in [0.717, 1.165) is 36.7 Å². The van der Waals surface area contributed by atoms with Crippen LogP contribution in [0.2, 0.25) is 0 Å². The number of para-hydroxylation sites is 3. The van der Waals surface area contributed by atoms with Crippen molar-refractivity contribution in [2.75, 3.05) is 10.2 Å². The fourth-order valence-corrected chi connectivity index (χ4v) is 4.68. The summed E-state index contributed by atoms with van der Waals surface area (Å²) in [6.07, 6.45) is 5.19. The number of hydrogen-bond acceptors (Lipinski definition) is 3. The summed E-state index contributed by atoms with van der Waals surface area (Å²) in [6, 6.07) is 13.1. The van der Waals surface area contributed by atoms with Crippen molar-refractivity contribution in [2.24, 2.45) is 0 Å². The van der Waals surface area contributed by atoms with Crippen molar-refractivity contribution in [3.8, 4) is 0 Å². The molecule has 1 atom stereocenters. The molecule has 1 fully saturated rings. The molecule has 0 bridgehead atoms. The van der Waals surface area contributed by atoms with Crippen molar-refractivity contribution in [3.05, 3.63) is 54.3 Å². The average molecular weight is 406 g/mol. The van der Waals surface area contributed by atoms with E-state index < -0.39 is 17.8 Å². The minimum atomic E-state index is -0.680. The Balaban J connectivity index is 1.48. The second kappa shape index (κ2) is 7.55. The van der Waals surface area contributed by atoms with Crippen molar-refractivity contribution in [1.29, 1.82) is 0 Å². The maximum absolute atomic E-state index is 13.9. The molecular formula is C23H23FN4O2. The molecule has 1 aliphatic heterocycles. The summed E-state index contributed by atoms with van der Waals surface area (Å²) in [7, 11) is 0. The lowest BCUT2D eigenvalue weighted by Crippen LogP contribution is -2.41. The summed E-state index contributed by atoms with van der Waals surface area (Å²) in [6.45, 7) is 0. The quantitative estimate of drug-likeness (QED) is 0.697.